The summed E-state index contributed by atoms with van der Waals surface area (Å²) in [6.45, 7) is 6.61. The maximum absolute atomic E-state index is 15.8. The number of nitrogens with one attached hydrogen (secondary N) is 1. The Hall–Kier alpha value is -4.53. The van der Waals surface area contributed by atoms with Gasteiger partial charge in [0.05, 0.1) is 23.6 Å². The lowest BCUT2D eigenvalue weighted by Crippen LogP contribution is -2.41. The van der Waals surface area contributed by atoms with Crippen LogP contribution in [0.25, 0.3) is 11.1 Å². The normalized spacial score (nSPS) is 13.2. The zero-order chi connectivity index (χ0) is 36.4. The molecule has 0 saturated carbocycles. The van der Waals surface area contributed by atoms with E-state index in [0.717, 1.165) is 15.3 Å². The van der Waals surface area contributed by atoms with Crippen molar-refractivity contribution in [2.45, 2.75) is 65.2 Å². The third-order valence-electron chi connectivity index (χ3n) is 8.23. The quantitative estimate of drug-likeness (QED) is 0.279. The Morgan fingerprint density at radius 1 is 1.02 bits per heavy atom. The number of alkyl halides is 3. The Morgan fingerprint density at radius 3 is 2.19 bits per heavy atom. The van der Waals surface area contributed by atoms with Gasteiger partial charge in [0.1, 0.15) is 11.9 Å². The van der Waals surface area contributed by atoms with E-state index in [-0.39, 0.29) is 58.8 Å². The number of pyridine rings is 1. The highest BCUT2D eigenvalue weighted by Gasteiger charge is 2.36. The van der Waals surface area contributed by atoms with Crippen LogP contribution < -0.4 is 22.1 Å². The summed E-state index contributed by atoms with van der Waals surface area (Å²) in [6.07, 6.45) is -4.72. The molecule has 0 bridgehead atoms. The highest BCUT2D eigenvalue weighted by atomic mass is 19.4. The minimum Gasteiger partial charge on any atom is -0.481 e. The van der Waals surface area contributed by atoms with Gasteiger partial charge in [-0.2, -0.15) is 13.2 Å². The first-order chi connectivity index (χ1) is 22.1. The molecule has 0 spiro atoms. The third kappa shape index (κ3) is 8.30. The second kappa shape index (κ2) is 14.7. The molecule has 3 rings (SSSR count). The molecule has 2 atom stereocenters. The van der Waals surface area contributed by atoms with E-state index < -0.39 is 64.7 Å². The van der Waals surface area contributed by atoms with Gasteiger partial charge in [0.15, 0.2) is 0 Å². The van der Waals surface area contributed by atoms with Gasteiger partial charge in [-0.15, -0.1) is 0 Å². The number of aromatic nitrogens is 3. The molecule has 0 fully saturated rings. The molecule has 2 N–H and O–H groups in total. The average Bonchev–Trinajstić information content (AvgIpc) is 2.97. The molecule has 2 aromatic heterocycles. The minimum atomic E-state index is -4.83. The van der Waals surface area contributed by atoms with Crippen molar-refractivity contribution in [2.75, 3.05) is 20.6 Å². The minimum absolute atomic E-state index is 0.0150. The van der Waals surface area contributed by atoms with Gasteiger partial charge in [-0.25, -0.2) is 9.18 Å². The van der Waals surface area contributed by atoms with Gasteiger partial charge < -0.3 is 24.5 Å². The summed E-state index contributed by atoms with van der Waals surface area (Å²) in [5.74, 6) is -3.42. The number of nitrogens with zero attached hydrogens (tertiary/aromatic N) is 4. The zero-order valence-corrected chi connectivity index (χ0v) is 28.2. The summed E-state index contributed by atoms with van der Waals surface area (Å²) < 4.78 is 60.5. The molecule has 0 unspecified atom stereocenters. The van der Waals surface area contributed by atoms with Crippen LogP contribution in [0.4, 0.5) is 17.6 Å². The number of amides is 1. The van der Waals surface area contributed by atoms with Crippen molar-refractivity contribution in [3.05, 3.63) is 89.4 Å². The Kier molecular flexibility index (Phi) is 11.6. The van der Waals surface area contributed by atoms with Crippen LogP contribution in [0.15, 0.2) is 38.8 Å². The number of carbonyl (C=O) groups excluding carboxylic acids is 1. The number of carboxylic acids is 1. The fourth-order valence-electron chi connectivity index (χ4n) is 5.59. The first kappa shape index (κ1) is 37.9. The largest absolute Gasteiger partial charge is 0.481 e. The molecule has 2 heterocycles. The fourth-order valence-corrected chi connectivity index (χ4v) is 5.59. The van der Waals surface area contributed by atoms with Crippen molar-refractivity contribution < 1.29 is 32.3 Å². The van der Waals surface area contributed by atoms with Gasteiger partial charge in [0.2, 0.25) is 5.91 Å². The number of aryl methyl sites for hydroxylation is 1. The molecule has 48 heavy (non-hydrogen) atoms. The van der Waals surface area contributed by atoms with Crippen LogP contribution in [0.3, 0.4) is 0 Å². The zero-order valence-electron chi connectivity index (χ0n) is 28.2. The van der Waals surface area contributed by atoms with E-state index in [1.807, 2.05) is 0 Å². The number of rotatable bonds is 12. The Bertz CT molecular complexity index is 1890. The van der Waals surface area contributed by atoms with Gasteiger partial charge >= 0.3 is 17.8 Å². The summed E-state index contributed by atoms with van der Waals surface area (Å²) in [5, 5.41) is 12.3. The monoisotopic (exact) mass is 679 g/mol. The summed E-state index contributed by atoms with van der Waals surface area (Å²) >= 11 is 0. The maximum Gasteiger partial charge on any atom is 0.416 e. The number of carbonyl (C=O) groups is 2. The van der Waals surface area contributed by atoms with E-state index >= 15 is 4.39 Å². The van der Waals surface area contributed by atoms with Gasteiger partial charge in [0, 0.05) is 44.2 Å². The second-order valence-corrected chi connectivity index (χ2v) is 12.7. The Labute approximate surface area is 274 Å². The van der Waals surface area contributed by atoms with E-state index in [1.165, 1.54) is 44.6 Å². The number of aliphatic carboxylic acids is 1. The molecular formula is C33H41F4N5O6. The van der Waals surface area contributed by atoms with E-state index in [0.29, 0.717) is 6.07 Å². The summed E-state index contributed by atoms with van der Waals surface area (Å²) in [4.78, 5) is 66.3. The Morgan fingerprint density at radius 2 is 1.65 bits per heavy atom. The molecular weight excluding hydrogens is 638 g/mol. The number of carboxylic acid groups (broad SMARTS) is 1. The van der Waals surface area contributed by atoms with E-state index in [4.69, 9.17) is 0 Å². The van der Waals surface area contributed by atoms with Crippen molar-refractivity contribution in [3.8, 4) is 11.1 Å². The van der Waals surface area contributed by atoms with Gasteiger partial charge in [-0.05, 0) is 75.5 Å². The lowest BCUT2D eigenvalue weighted by Gasteiger charge is -2.27. The highest BCUT2D eigenvalue weighted by Crippen LogP contribution is 2.33. The highest BCUT2D eigenvalue weighted by molar-refractivity contribution is 5.82. The molecule has 1 amide bonds. The molecule has 15 heteroatoms. The van der Waals surface area contributed by atoms with E-state index in [2.05, 4.69) is 5.32 Å². The van der Waals surface area contributed by atoms with Gasteiger partial charge in [-0.1, -0.05) is 13.8 Å². The smallest absolute Gasteiger partial charge is 0.416 e. The average molecular weight is 680 g/mol. The molecule has 0 radical (unpaired) electrons. The molecule has 0 aliphatic heterocycles. The van der Waals surface area contributed by atoms with Crippen molar-refractivity contribution in [2.24, 2.45) is 20.0 Å². The molecule has 3 aromatic rings. The predicted molar refractivity (Wildman–Crippen MR) is 171 cm³/mol. The number of halogens is 4. The lowest BCUT2D eigenvalue weighted by atomic mass is 9.93. The van der Waals surface area contributed by atoms with Gasteiger partial charge in [-0.3, -0.25) is 23.7 Å². The molecule has 0 aliphatic carbocycles. The van der Waals surface area contributed by atoms with Crippen molar-refractivity contribution >= 4 is 11.9 Å². The van der Waals surface area contributed by atoms with Crippen LogP contribution in [0.5, 0.6) is 0 Å². The van der Waals surface area contributed by atoms with Crippen LogP contribution in [-0.4, -0.2) is 56.2 Å². The fraction of sp³-hybridized carbons (Fsp3) is 0.485. The first-order valence-electron chi connectivity index (χ1n) is 15.2. The predicted octanol–water partition coefficient (Wildman–Crippen LogP) is 3.71. The number of likely N-dealkylation sites (N-methyl/N-ethyl adjacent to an activating group) is 1. The molecule has 0 saturated heterocycles. The summed E-state index contributed by atoms with van der Waals surface area (Å²) in [5.41, 5.74) is -3.42. The standard InChI is InChI=1S/C33H41F4N5O6/c1-17(2)11-25(42-16-20(9-10-39(5)6)23(14-26(42)43)33(35,36)37)30(46)38-24(15-27(44)45)22-13-21(12-18(3)29(22)34)28-19(4)40(7)32(48)41(8)31(28)47/h12-14,16-17,24-25H,9-11,15H2,1-8H3,(H,38,46)(H,44,45)/t24-,25-/m1/s1. The van der Waals surface area contributed by atoms with Crippen molar-refractivity contribution in [1.29, 1.82) is 0 Å². The maximum atomic E-state index is 15.8. The lowest BCUT2D eigenvalue weighted by molar-refractivity contribution is -0.139. The van der Waals surface area contributed by atoms with Crippen LogP contribution in [0, 0.1) is 25.6 Å². The van der Waals surface area contributed by atoms with Gasteiger partial charge in [0.25, 0.3) is 11.1 Å². The molecule has 11 nitrogen and oxygen atoms in total. The summed E-state index contributed by atoms with van der Waals surface area (Å²) in [7, 11) is 6.08. The van der Waals surface area contributed by atoms with Crippen molar-refractivity contribution in [1.82, 2.24) is 23.9 Å². The third-order valence-corrected chi connectivity index (χ3v) is 8.23. The number of hydrogen-bond donors (Lipinski definition) is 2. The SMILES string of the molecule is Cc1cc(-c2c(C)n(C)c(=O)n(C)c2=O)cc([C@@H](CC(=O)O)NC(=O)[C@@H](CC(C)C)n2cc(CCN(C)C)c(C(F)(F)F)cc2=O)c1F. The Balaban J connectivity index is 2.20. The van der Waals surface area contributed by atoms with Crippen LogP contribution in [0.1, 0.15) is 66.7 Å². The van der Waals surface area contributed by atoms with E-state index in [1.54, 1.807) is 32.8 Å². The topological polar surface area (TPSA) is 136 Å². The van der Waals surface area contributed by atoms with Crippen LogP contribution in [-0.2, 0) is 36.3 Å². The van der Waals surface area contributed by atoms with E-state index in [9.17, 15) is 42.3 Å². The second-order valence-electron chi connectivity index (χ2n) is 12.7. The molecule has 0 aliphatic rings. The van der Waals surface area contributed by atoms with Crippen molar-refractivity contribution in [3.63, 3.8) is 0 Å². The van der Waals surface area contributed by atoms with Crippen LogP contribution in [0.2, 0.25) is 0 Å². The summed E-state index contributed by atoms with van der Waals surface area (Å²) in [6, 6.07) is 0.151. The van der Waals surface area contributed by atoms with Crippen LogP contribution >= 0.6 is 0 Å². The number of hydrogen-bond acceptors (Lipinski definition) is 6. The first-order valence-corrected chi connectivity index (χ1v) is 15.2. The number of benzene rings is 1. The molecule has 1 aromatic carbocycles. The molecule has 262 valence electrons.